The zero-order valence-corrected chi connectivity index (χ0v) is 14.5. The summed E-state index contributed by atoms with van der Waals surface area (Å²) in [7, 11) is -4.97. The number of hydrogen-bond donors (Lipinski definition) is 0. The van der Waals surface area contributed by atoms with E-state index in [1.54, 1.807) is 12.1 Å². The Morgan fingerprint density at radius 2 is 1.09 bits per heavy atom. The maximum Gasteiger partial charge on any atom is 0.203 e. The van der Waals surface area contributed by atoms with Crippen LogP contribution in [0, 0.1) is 6.92 Å². The summed E-state index contributed by atoms with van der Waals surface area (Å²) in [6.07, 6.45) is 0. The molecule has 23 heavy (non-hydrogen) atoms. The Hall–Kier alpha value is -1.96. The first-order valence-electron chi connectivity index (χ1n) is 7.31. The molecule has 3 rings (SSSR count). The molecule has 0 atom stereocenters. The Bertz CT molecular complexity index is 834. The van der Waals surface area contributed by atoms with Gasteiger partial charge in [-0.25, -0.2) is 8.42 Å². The molecular weight excluding hydrogens is 323 g/mol. The van der Waals surface area contributed by atoms with Crippen molar-refractivity contribution in [2.75, 3.05) is 0 Å². The fraction of sp³-hybridized carbons (Fsp3) is 0.0526. The van der Waals surface area contributed by atoms with Crippen LogP contribution in [0.15, 0.2) is 89.8 Å². The second-order valence-electron chi connectivity index (χ2n) is 5.25. The Labute approximate surface area is 138 Å². The van der Waals surface area contributed by atoms with Crippen molar-refractivity contribution in [3.05, 3.63) is 90.5 Å². The van der Waals surface area contributed by atoms with Gasteiger partial charge in [0.1, 0.15) is 0 Å². The largest absolute Gasteiger partial charge is 0.219 e. The van der Waals surface area contributed by atoms with Crippen molar-refractivity contribution in [1.29, 1.82) is 0 Å². The fourth-order valence-electron chi connectivity index (χ4n) is 2.37. The molecule has 0 aliphatic carbocycles. The number of rotatable bonds is 4. The first-order chi connectivity index (χ1) is 11.1. The van der Waals surface area contributed by atoms with Crippen LogP contribution in [0.25, 0.3) is 0 Å². The van der Waals surface area contributed by atoms with Crippen molar-refractivity contribution in [1.82, 2.24) is 0 Å². The summed E-state index contributed by atoms with van der Waals surface area (Å²) in [6.45, 7) is 1.95. The molecule has 0 N–H and O–H groups in total. The third-order valence-electron chi connectivity index (χ3n) is 3.54. The van der Waals surface area contributed by atoms with E-state index in [1.165, 1.54) is 0 Å². The summed E-state index contributed by atoms with van der Waals surface area (Å²) in [6, 6.07) is 26.0. The van der Waals surface area contributed by atoms with Gasteiger partial charge in [0.05, 0.1) is 12.0 Å². The van der Waals surface area contributed by atoms with Crippen LogP contribution in [-0.4, -0.2) is 8.42 Å². The highest BCUT2D eigenvalue weighted by Crippen LogP contribution is 2.45. The quantitative estimate of drug-likeness (QED) is 0.677. The standard InChI is InChI=1S/C19H17O2PS/c1-16-12-14-19(15-13-16)23(20,21)22(17-8-4-2-5-9-17)18-10-6-3-7-11-18/h2-15H,1H3. The van der Waals surface area contributed by atoms with Gasteiger partial charge in [-0.1, -0.05) is 78.4 Å². The lowest BCUT2D eigenvalue weighted by Crippen LogP contribution is -2.18. The SMILES string of the molecule is Cc1ccc(S(=O)(=O)P(c2ccccc2)c2ccccc2)cc1. The van der Waals surface area contributed by atoms with Crippen LogP contribution >= 0.6 is 7.12 Å². The molecule has 116 valence electrons. The lowest BCUT2D eigenvalue weighted by molar-refractivity contribution is 0.610. The predicted octanol–water partition coefficient (Wildman–Crippen LogP) is 3.82. The van der Waals surface area contributed by atoms with Crippen LogP contribution in [-0.2, 0) is 9.46 Å². The van der Waals surface area contributed by atoms with Gasteiger partial charge < -0.3 is 0 Å². The molecule has 0 saturated heterocycles. The van der Waals surface area contributed by atoms with E-state index in [-0.39, 0.29) is 0 Å². The number of hydrogen-bond acceptors (Lipinski definition) is 2. The van der Waals surface area contributed by atoms with Gasteiger partial charge in [-0.3, -0.25) is 0 Å². The molecule has 0 fully saturated rings. The van der Waals surface area contributed by atoms with E-state index in [2.05, 4.69) is 0 Å². The van der Waals surface area contributed by atoms with Gasteiger partial charge in [-0.05, 0) is 29.7 Å². The number of aryl methyl sites for hydroxylation is 1. The van der Waals surface area contributed by atoms with Gasteiger partial charge in [-0.2, -0.15) is 0 Å². The van der Waals surface area contributed by atoms with Gasteiger partial charge >= 0.3 is 0 Å². The number of benzene rings is 3. The minimum absolute atomic E-state index is 0.377. The summed E-state index contributed by atoms with van der Waals surface area (Å²) >= 11 is 0. The monoisotopic (exact) mass is 340 g/mol. The van der Waals surface area contributed by atoms with Crippen LogP contribution in [0.5, 0.6) is 0 Å². The van der Waals surface area contributed by atoms with Gasteiger partial charge in [0.2, 0.25) is 9.46 Å². The molecular formula is C19H17O2PS. The van der Waals surface area contributed by atoms with Gasteiger partial charge in [-0.15, -0.1) is 0 Å². The molecule has 2 nitrogen and oxygen atoms in total. The second kappa shape index (κ2) is 6.66. The molecule has 0 unspecified atom stereocenters. The zero-order valence-electron chi connectivity index (χ0n) is 12.8. The zero-order chi connectivity index (χ0) is 16.3. The van der Waals surface area contributed by atoms with Gasteiger partial charge in [0.25, 0.3) is 0 Å². The van der Waals surface area contributed by atoms with E-state index in [4.69, 9.17) is 0 Å². The maximum absolute atomic E-state index is 13.3. The average Bonchev–Trinajstić information content (AvgIpc) is 2.57. The first kappa shape index (κ1) is 15.9. The maximum atomic E-state index is 13.3. The van der Waals surface area contributed by atoms with Crippen molar-refractivity contribution in [2.45, 2.75) is 11.8 Å². The Morgan fingerprint density at radius 1 is 0.652 bits per heavy atom. The summed E-state index contributed by atoms with van der Waals surface area (Å²) in [5.41, 5.74) is 1.05. The molecule has 0 saturated carbocycles. The molecule has 0 radical (unpaired) electrons. The van der Waals surface area contributed by atoms with Crippen molar-refractivity contribution in [2.24, 2.45) is 0 Å². The van der Waals surface area contributed by atoms with Gasteiger partial charge in [0.15, 0.2) is 0 Å². The second-order valence-corrected chi connectivity index (χ2v) is 10.8. The van der Waals surface area contributed by atoms with Crippen LogP contribution in [0.2, 0.25) is 0 Å². The Balaban J connectivity index is 2.17. The molecule has 0 heterocycles. The van der Waals surface area contributed by atoms with Gasteiger partial charge in [0, 0.05) is 0 Å². The Morgan fingerprint density at radius 3 is 1.52 bits per heavy atom. The lowest BCUT2D eigenvalue weighted by atomic mass is 10.2. The topological polar surface area (TPSA) is 34.1 Å². The Kier molecular flexibility index (Phi) is 4.61. The molecule has 0 aliphatic rings. The molecule has 4 heteroatoms. The highest BCUT2D eigenvalue weighted by molar-refractivity contribution is 8.54. The molecule has 0 amide bonds. The third-order valence-corrected chi connectivity index (χ3v) is 9.76. The molecule has 0 spiro atoms. The van der Waals surface area contributed by atoms with Crippen LogP contribution < -0.4 is 10.6 Å². The fourth-order valence-corrected chi connectivity index (χ4v) is 8.19. The van der Waals surface area contributed by atoms with Crippen molar-refractivity contribution >= 4 is 27.2 Å². The summed E-state index contributed by atoms with van der Waals surface area (Å²) in [5.74, 6) is 0. The smallest absolute Gasteiger partial charge is 0.203 e. The van der Waals surface area contributed by atoms with E-state index in [9.17, 15) is 8.42 Å². The van der Waals surface area contributed by atoms with Crippen molar-refractivity contribution in [3.63, 3.8) is 0 Å². The first-order valence-corrected chi connectivity index (χ1v) is 10.7. The summed E-state index contributed by atoms with van der Waals surface area (Å²) in [4.78, 5) is 0.377. The normalized spacial score (nSPS) is 11.6. The summed E-state index contributed by atoms with van der Waals surface area (Å²) < 4.78 is 26.5. The molecule has 0 aromatic heterocycles. The van der Waals surface area contributed by atoms with Crippen LogP contribution in [0.1, 0.15) is 5.56 Å². The minimum Gasteiger partial charge on any atom is -0.219 e. The van der Waals surface area contributed by atoms with Crippen LogP contribution in [0.3, 0.4) is 0 Å². The minimum atomic E-state index is -3.46. The predicted molar refractivity (Wildman–Crippen MR) is 97.4 cm³/mol. The van der Waals surface area contributed by atoms with E-state index in [0.29, 0.717) is 4.90 Å². The lowest BCUT2D eigenvalue weighted by Gasteiger charge is -2.19. The summed E-state index contributed by atoms with van der Waals surface area (Å²) in [5, 5.41) is 1.68. The molecule has 3 aromatic carbocycles. The highest BCUT2D eigenvalue weighted by atomic mass is 32.8. The van der Waals surface area contributed by atoms with Crippen LogP contribution in [0.4, 0.5) is 0 Å². The molecule has 0 bridgehead atoms. The van der Waals surface area contributed by atoms with Crippen molar-refractivity contribution < 1.29 is 8.42 Å². The van der Waals surface area contributed by atoms with E-state index >= 15 is 0 Å². The molecule has 3 aromatic rings. The van der Waals surface area contributed by atoms with E-state index in [1.807, 2.05) is 79.7 Å². The molecule has 0 aliphatic heterocycles. The highest BCUT2D eigenvalue weighted by Gasteiger charge is 2.30. The van der Waals surface area contributed by atoms with E-state index < -0.39 is 16.6 Å². The van der Waals surface area contributed by atoms with Crippen molar-refractivity contribution in [3.8, 4) is 0 Å². The third kappa shape index (κ3) is 3.36. The average molecular weight is 340 g/mol. The van der Waals surface area contributed by atoms with E-state index in [0.717, 1.165) is 16.2 Å².